The number of imidazole rings is 1. The lowest BCUT2D eigenvalue weighted by molar-refractivity contribution is 0.424. The summed E-state index contributed by atoms with van der Waals surface area (Å²) in [5, 5.41) is 0. The van der Waals surface area contributed by atoms with Crippen molar-refractivity contribution in [2.75, 3.05) is 0 Å². The fourth-order valence-electron chi connectivity index (χ4n) is 1.67. The standard InChI is InChI=1S/C10H15N5/c1-3-4-10(2,11)9-14-7-5-12-6-13-8(7)15-9/h5-6H,3-4,11H2,1-2H3,(H,12,13,14,15). The van der Waals surface area contributed by atoms with Crippen LogP contribution in [0.3, 0.4) is 0 Å². The van der Waals surface area contributed by atoms with Crippen molar-refractivity contribution in [3.63, 3.8) is 0 Å². The van der Waals surface area contributed by atoms with Gasteiger partial charge in [-0.3, -0.25) is 0 Å². The summed E-state index contributed by atoms with van der Waals surface area (Å²) in [4.78, 5) is 15.5. The van der Waals surface area contributed by atoms with Gasteiger partial charge in [0.25, 0.3) is 0 Å². The van der Waals surface area contributed by atoms with Crippen molar-refractivity contribution in [2.45, 2.75) is 32.2 Å². The molecule has 5 heteroatoms. The Morgan fingerprint density at radius 3 is 3.00 bits per heavy atom. The van der Waals surface area contributed by atoms with E-state index in [1.165, 1.54) is 6.33 Å². The van der Waals surface area contributed by atoms with Crippen molar-refractivity contribution in [2.24, 2.45) is 5.73 Å². The Balaban J connectivity index is 2.44. The van der Waals surface area contributed by atoms with E-state index in [1.54, 1.807) is 6.20 Å². The van der Waals surface area contributed by atoms with Crippen LogP contribution in [-0.4, -0.2) is 19.9 Å². The van der Waals surface area contributed by atoms with Crippen molar-refractivity contribution in [3.8, 4) is 0 Å². The first-order chi connectivity index (χ1) is 7.13. The van der Waals surface area contributed by atoms with E-state index >= 15 is 0 Å². The monoisotopic (exact) mass is 205 g/mol. The number of hydrogen-bond donors (Lipinski definition) is 2. The number of hydrogen-bond acceptors (Lipinski definition) is 4. The molecule has 0 saturated carbocycles. The van der Waals surface area contributed by atoms with Crippen molar-refractivity contribution < 1.29 is 0 Å². The molecule has 0 radical (unpaired) electrons. The van der Waals surface area contributed by atoms with Gasteiger partial charge < -0.3 is 10.7 Å². The molecule has 0 saturated heterocycles. The number of nitrogens with two attached hydrogens (primary N) is 1. The molecule has 0 fully saturated rings. The molecule has 3 N–H and O–H groups in total. The second kappa shape index (κ2) is 3.58. The van der Waals surface area contributed by atoms with Crippen LogP contribution in [0.5, 0.6) is 0 Å². The fourth-order valence-corrected chi connectivity index (χ4v) is 1.67. The molecule has 0 amide bonds. The average molecular weight is 205 g/mol. The van der Waals surface area contributed by atoms with Crippen LogP contribution in [0, 0.1) is 0 Å². The first kappa shape index (κ1) is 10.0. The summed E-state index contributed by atoms with van der Waals surface area (Å²) in [6.07, 6.45) is 5.11. The molecule has 2 aromatic rings. The zero-order chi connectivity index (χ0) is 10.9. The Bertz CT molecular complexity index is 427. The maximum atomic E-state index is 6.17. The van der Waals surface area contributed by atoms with Gasteiger partial charge in [0.15, 0.2) is 5.65 Å². The zero-order valence-electron chi connectivity index (χ0n) is 8.99. The molecule has 0 aliphatic carbocycles. The highest BCUT2D eigenvalue weighted by Gasteiger charge is 2.24. The Labute approximate surface area is 88.1 Å². The maximum Gasteiger partial charge on any atom is 0.180 e. The number of fused-ring (bicyclic) bond motifs is 1. The van der Waals surface area contributed by atoms with Crippen LogP contribution in [0.4, 0.5) is 0 Å². The number of nitrogens with zero attached hydrogens (tertiary/aromatic N) is 3. The molecule has 1 unspecified atom stereocenters. The summed E-state index contributed by atoms with van der Waals surface area (Å²) >= 11 is 0. The summed E-state index contributed by atoms with van der Waals surface area (Å²) in [7, 11) is 0. The van der Waals surface area contributed by atoms with Gasteiger partial charge in [-0.2, -0.15) is 0 Å². The van der Waals surface area contributed by atoms with Crippen molar-refractivity contribution in [1.82, 2.24) is 19.9 Å². The third-order valence-corrected chi connectivity index (χ3v) is 2.47. The molecular formula is C10H15N5. The average Bonchev–Trinajstić information content (AvgIpc) is 2.61. The molecule has 1 atom stereocenters. The van der Waals surface area contributed by atoms with Crippen LogP contribution in [0.2, 0.25) is 0 Å². The van der Waals surface area contributed by atoms with Crippen molar-refractivity contribution in [1.29, 1.82) is 0 Å². The van der Waals surface area contributed by atoms with Crippen LogP contribution >= 0.6 is 0 Å². The van der Waals surface area contributed by atoms with Crippen LogP contribution in [0.25, 0.3) is 11.2 Å². The summed E-state index contributed by atoms with van der Waals surface area (Å²) < 4.78 is 0. The van der Waals surface area contributed by atoms with E-state index in [9.17, 15) is 0 Å². The molecule has 2 rings (SSSR count). The van der Waals surface area contributed by atoms with Crippen molar-refractivity contribution in [3.05, 3.63) is 18.3 Å². The molecule has 0 aromatic carbocycles. The minimum absolute atomic E-state index is 0.421. The predicted molar refractivity (Wildman–Crippen MR) is 58.1 cm³/mol. The van der Waals surface area contributed by atoms with Gasteiger partial charge in [0, 0.05) is 0 Å². The van der Waals surface area contributed by atoms with Gasteiger partial charge in [0.2, 0.25) is 0 Å². The van der Waals surface area contributed by atoms with Gasteiger partial charge in [0.1, 0.15) is 17.7 Å². The van der Waals surface area contributed by atoms with E-state index < -0.39 is 5.54 Å². The number of aromatic nitrogens is 4. The topological polar surface area (TPSA) is 80.5 Å². The SMILES string of the molecule is CCCC(C)(N)c1nc2ncncc2[nH]1. The third-order valence-electron chi connectivity index (χ3n) is 2.47. The predicted octanol–water partition coefficient (Wildman–Crippen LogP) is 1.33. The largest absolute Gasteiger partial charge is 0.338 e. The van der Waals surface area contributed by atoms with E-state index in [0.29, 0.717) is 5.65 Å². The van der Waals surface area contributed by atoms with Gasteiger partial charge in [-0.05, 0) is 13.3 Å². The second-order valence-electron chi connectivity index (χ2n) is 4.01. The first-order valence-electron chi connectivity index (χ1n) is 5.08. The van der Waals surface area contributed by atoms with Crippen LogP contribution < -0.4 is 5.73 Å². The lowest BCUT2D eigenvalue weighted by Crippen LogP contribution is -2.34. The van der Waals surface area contributed by atoms with Crippen LogP contribution in [0.15, 0.2) is 12.5 Å². The van der Waals surface area contributed by atoms with E-state index in [2.05, 4.69) is 26.9 Å². The Hall–Kier alpha value is -1.49. The lowest BCUT2D eigenvalue weighted by atomic mass is 9.97. The quantitative estimate of drug-likeness (QED) is 0.792. The number of H-pyrrole nitrogens is 1. The van der Waals surface area contributed by atoms with E-state index in [4.69, 9.17) is 5.73 Å². The third kappa shape index (κ3) is 1.83. The summed E-state index contributed by atoms with van der Waals surface area (Å²) in [6, 6.07) is 0. The lowest BCUT2D eigenvalue weighted by Gasteiger charge is -2.20. The number of aromatic amines is 1. The zero-order valence-corrected chi connectivity index (χ0v) is 8.99. The molecular weight excluding hydrogens is 190 g/mol. The summed E-state index contributed by atoms with van der Waals surface area (Å²) in [6.45, 7) is 4.08. The highest BCUT2D eigenvalue weighted by molar-refractivity contribution is 5.68. The Morgan fingerprint density at radius 1 is 1.53 bits per heavy atom. The van der Waals surface area contributed by atoms with E-state index in [-0.39, 0.29) is 0 Å². The molecule has 15 heavy (non-hydrogen) atoms. The highest BCUT2D eigenvalue weighted by Crippen LogP contribution is 2.21. The fraction of sp³-hybridized carbons (Fsp3) is 0.500. The summed E-state index contributed by atoms with van der Waals surface area (Å²) in [5.74, 6) is 0.778. The molecule has 2 heterocycles. The Kier molecular flexibility index (Phi) is 2.40. The maximum absolute atomic E-state index is 6.17. The first-order valence-corrected chi connectivity index (χ1v) is 5.08. The molecule has 2 aromatic heterocycles. The smallest absolute Gasteiger partial charge is 0.180 e. The number of nitrogens with one attached hydrogen (secondary N) is 1. The van der Waals surface area contributed by atoms with Gasteiger partial charge in [-0.25, -0.2) is 15.0 Å². The van der Waals surface area contributed by atoms with Gasteiger partial charge in [-0.1, -0.05) is 13.3 Å². The molecule has 0 aliphatic heterocycles. The Morgan fingerprint density at radius 2 is 2.33 bits per heavy atom. The molecule has 80 valence electrons. The van der Waals surface area contributed by atoms with Crippen molar-refractivity contribution >= 4 is 11.2 Å². The van der Waals surface area contributed by atoms with E-state index in [1.807, 2.05) is 6.92 Å². The molecule has 5 nitrogen and oxygen atoms in total. The molecule has 0 bridgehead atoms. The van der Waals surface area contributed by atoms with E-state index in [0.717, 1.165) is 24.2 Å². The van der Waals surface area contributed by atoms with Crippen LogP contribution in [-0.2, 0) is 5.54 Å². The minimum atomic E-state index is -0.421. The molecule has 0 spiro atoms. The van der Waals surface area contributed by atoms with Gasteiger partial charge >= 0.3 is 0 Å². The summed E-state index contributed by atoms with van der Waals surface area (Å²) in [5.41, 5.74) is 7.26. The minimum Gasteiger partial charge on any atom is -0.338 e. The second-order valence-corrected chi connectivity index (χ2v) is 4.01. The number of rotatable bonds is 3. The highest BCUT2D eigenvalue weighted by atomic mass is 15.0. The normalized spacial score (nSPS) is 15.4. The van der Waals surface area contributed by atoms with Crippen LogP contribution in [0.1, 0.15) is 32.5 Å². The van der Waals surface area contributed by atoms with Gasteiger partial charge in [0.05, 0.1) is 11.7 Å². The molecule has 0 aliphatic rings. The van der Waals surface area contributed by atoms with Gasteiger partial charge in [-0.15, -0.1) is 0 Å².